The summed E-state index contributed by atoms with van der Waals surface area (Å²) in [7, 11) is -1.05. The van der Waals surface area contributed by atoms with Crippen LogP contribution < -0.4 is 4.74 Å². The number of rotatable bonds is 5. The number of ether oxygens (including phenoxy) is 2. The van der Waals surface area contributed by atoms with Crippen LogP contribution >= 0.6 is 0 Å². The molecule has 0 unspecified atom stereocenters. The molecule has 1 aromatic rings. The molecule has 0 aliphatic carbocycles. The van der Waals surface area contributed by atoms with Gasteiger partial charge in [-0.3, -0.25) is 0 Å². The number of benzene rings is 1. The molecule has 2 heterocycles. The van der Waals surface area contributed by atoms with Gasteiger partial charge < -0.3 is 23.9 Å². The van der Waals surface area contributed by atoms with Crippen molar-refractivity contribution < 1.29 is 28.3 Å². The Hall–Kier alpha value is -1.41. The van der Waals surface area contributed by atoms with Gasteiger partial charge in [-0.2, -0.15) is 0 Å². The minimum absolute atomic E-state index is 0.138. The lowest BCUT2D eigenvalue weighted by molar-refractivity contribution is -0.0855. The average Bonchev–Trinajstić information content (AvgIpc) is 2.83. The van der Waals surface area contributed by atoms with Crippen molar-refractivity contribution in [2.24, 2.45) is 0 Å². The minimum Gasteiger partial charge on any atom is -0.490 e. The topological polar surface area (TPSA) is 57.2 Å². The zero-order valence-electron chi connectivity index (χ0n) is 16.5. The molecule has 0 aromatic heterocycles. The molecule has 3 rings (SSSR count). The largest absolute Gasteiger partial charge is 0.525 e. The third kappa shape index (κ3) is 4.54. The Morgan fingerprint density at radius 1 is 1.15 bits per heavy atom. The maximum atomic E-state index is 14.8. The molecule has 0 radical (unpaired) electrons. The lowest BCUT2D eigenvalue weighted by Crippen LogP contribution is -2.41. The van der Waals surface area contributed by atoms with Gasteiger partial charge in [-0.1, -0.05) is 18.2 Å². The fourth-order valence-corrected chi connectivity index (χ4v) is 3.01. The Labute approximate surface area is 160 Å². The van der Waals surface area contributed by atoms with Crippen LogP contribution in [-0.4, -0.2) is 48.8 Å². The molecule has 0 saturated carbocycles. The molecule has 2 saturated heterocycles. The maximum Gasteiger partial charge on any atom is 0.525 e. The summed E-state index contributed by atoms with van der Waals surface area (Å²) in [6.07, 6.45) is 2.41. The zero-order chi connectivity index (χ0) is 19.7. The highest BCUT2D eigenvalue weighted by atomic mass is 19.1. The van der Waals surface area contributed by atoms with Crippen LogP contribution in [-0.2, 0) is 14.0 Å². The summed E-state index contributed by atoms with van der Waals surface area (Å²) in [5.74, 6) is 0.504. The maximum absolute atomic E-state index is 14.8. The predicted octanol–water partition coefficient (Wildman–Crippen LogP) is 3.55. The highest BCUT2D eigenvalue weighted by Gasteiger charge is 2.53. The van der Waals surface area contributed by atoms with Gasteiger partial charge in [0.25, 0.3) is 0 Å². The van der Waals surface area contributed by atoms with E-state index in [9.17, 15) is 9.50 Å². The molecule has 1 aromatic carbocycles. The van der Waals surface area contributed by atoms with Gasteiger partial charge in [0.2, 0.25) is 0 Å². The van der Waals surface area contributed by atoms with Crippen molar-refractivity contribution in [2.45, 2.75) is 57.3 Å². The summed E-state index contributed by atoms with van der Waals surface area (Å²) in [5, 5.41) is 10.6. The van der Waals surface area contributed by atoms with E-state index in [1.165, 1.54) is 6.08 Å². The number of hydrogen-bond acceptors (Lipinski definition) is 5. The summed E-state index contributed by atoms with van der Waals surface area (Å²) in [6, 6.07) is 7.13. The first-order valence-corrected chi connectivity index (χ1v) is 9.37. The van der Waals surface area contributed by atoms with Crippen LogP contribution in [0.4, 0.5) is 4.39 Å². The first-order valence-electron chi connectivity index (χ1n) is 9.37. The van der Waals surface area contributed by atoms with Crippen LogP contribution in [0, 0.1) is 0 Å². The lowest BCUT2D eigenvalue weighted by Gasteiger charge is -2.32. The van der Waals surface area contributed by atoms with Gasteiger partial charge in [0.1, 0.15) is 23.7 Å². The summed E-state index contributed by atoms with van der Waals surface area (Å²) in [5.41, 5.74) is -2.08. The second-order valence-electron chi connectivity index (χ2n) is 8.28. The minimum atomic E-state index is -1.05. The summed E-state index contributed by atoms with van der Waals surface area (Å²) in [4.78, 5) is 0. The Kier molecular flexibility index (Phi) is 5.68. The molecular weight excluding hydrogens is 350 g/mol. The summed E-state index contributed by atoms with van der Waals surface area (Å²) in [6.45, 7) is 8.69. The van der Waals surface area contributed by atoms with E-state index in [1.807, 2.05) is 33.8 Å². The van der Waals surface area contributed by atoms with Crippen molar-refractivity contribution in [3.63, 3.8) is 0 Å². The van der Waals surface area contributed by atoms with Crippen molar-refractivity contribution in [1.82, 2.24) is 0 Å². The predicted molar refractivity (Wildman–Crippen MR) is 102 cm³/mol. The molecule has 2 aliphatic heterocycles. The fourth-order valence-electron chi connectivity index (χ4n) is 3.01. The molecule has 0 bridgehead atoms. The molecule has 0 amide bonds. The van der Waals surface area contributed by atoms with Gasteiger partial charge >= 0.3 is 7.12 Å². The van der Waals surface area contributed by atoms with Crippen molar-refractivity contribution in [3.8, 4) is 5.75 Å². The van der Waals surface area contributed by atoms with Gasteiger partial charge in [0.05, 0.1) is 11.2 Å². The molecule has 2 aliphatic rings. The standard InChI is InChI=1S/C20H28BFO5/c1-18(2)19(3,4)27-21(26-18)17(22)13-15-7-5-6-8-16(15)25-14-20(23)9-11-24-12-10-20/h5-8,13,23H,9-12,14H2,1-4H3. The Bertz CT molecular complexity index is 681. The lowest BCUT2D eigenvalue weighted by atomic mass is 9.86. The van der Waals surface area contributed by atoms with E-state index in [0.29, 0.717) is 37.4 Å². The molecule has 27 heavy (non-hydrogen) atoms. The average molecular weight is 378 g/mol. The third-order valence-electron chi connectivity index (χ3n) is 5.61. The Morgan fingerprint density at radius 2 is 1.74 bits per heavy atom. The second kappa shape index (κ2) is 7.55. The zero-order valence-corrected chi connectivity index (χ0v) is 16.5. The van der Waals surface area contributed by atoms with Crippen LogP contribution in [0.5, 0.6) is 5.75 Å². The van der Waals surface area contributed by atoms with Gasteiger partial charge in [0, 0.05) is 31.6 Å². The van der Waals surface area contributed by atoms with E-state index in [2.05, 4.69) is 0 Å². The smallest absolute Gasteiger partial charge is 0.490 e. The van der Waals surface area contributed by atoms with Crippen LogP contribution in [0.3, 0.4) is 0 Å². The first-order chi connectivity index (χ1) is 12.6. The number of hydrogen-bond donors (Lipinski definition) is 1. The van der Waals surface area contributed by atoms with Crippen LogP contribution in [0.1, 0.15) is 46.1 Å². The van der Waals surface area contributed by atoms with Crippen LogP contribution in [0.15, 0.2) is 30.0 Å². The van der Waals surface area contributed by atoms with Crippen LogP contribution in [0.25, 0.3) is 6.08 Å². The molecule has 1 N–H and O–H groups in total. The van der Waals surface area contributed by atoms with Crippen molar-refractivity contribution in [2.75, 3.05) is 19.8 Å². The van der Waals surface area contributed by atoms with E-state index in [1.54, 1.807) is 18.2 Å². The first kappa shape index (κ1) is 20.3. The van der Waals surface area contributed by atoms with Gasteiger partial charge in [-0.15, -0.1) is 0 Å². The SMILES string of the molecule is CC1(C)OB(C(F)=Cc2ccccc2OCC2(O)CCOCC2)OC1(C)C. The third-order valence-corrected chi connectivity index (χ3v) is 5.61. The number of para-hydroxylation sites is 1. The van der Waals surface area contributed by atoms with Gasteiger partial charge in [-0.25, -0.2) is 4.39 Å². The second-order valence-corrected chi connectivity index (χ2v) is 8.28. The highest BCUT2D eigenvalue weighted by molar-refractivity contribution is 6.54. The fraction of sp³-hybridized carbons (Fsp3) is 0.600. The van der Waals surface area contributed by atoms with Crippen molar-refractivity contribution in [1.29, 1.82) is 0 Å². The van der Waals surface area contributed by atoms with E-state index in [-0.39, 0.29) is 6.61 Å². The number of halogens is 1. The summed E-state index contributed by atoms with van der Waals surface area (Å²) >= 11 is 0. The quantitative estimate of drug-likeness (QED) is 0.795. The molecule has 7 heteroatoms. The van der Waals surface area contributed by atoms with E-state index < -0.39 is 29.6 Å². The van der Waals surface area contributed by atoms with Crippen molar-refractivity contribution in [3.05, 3.63) is 35.6 Å². The number of aliphatic hydroxyl groups is 1. The molecule has 0 atom stereocenters. The molecule has 5 nitrogen and oxygen atoms in total. The van der Waals surface area contributed by atoms with Crippen LogP contribution in [0.2, 0.25) is 0 Å². The Balaban J connectivity index is 1.73. The monoisotopic (exact) mass is 378 g/mol. The van der Waals surface area contributed by atoms with Gasteiger partial charge in [0.15, 0.2) is 0 Å². The van der Waals surface area contributed by atoms with Gasteiger partial charge in [-0.05, 0) is 39.8 Å². The summed E-state index contributed by atoms with van der Waals surface area (Å²) < 4.78 is 37.4. The van der Waals surface area contributed by atoms with E-state index in [0.717, 1.165) is 0 Å². The molecular formula is C20H28BFO5. The highest BCUT2D eigenvalue weighted by Crippen LogP contribution is 2.39. The van der Waals surface area contributed by atoms with Crippen molar-refractivity contribution >= 4 is 13.2 Å². The molecule has 0 spiro atoms. The Morgan fingerprint density at radius 3 is 2.37 bits per heavy atom. The molecule has 148 valence electrons. The van der Waals surface area contributed by atoms with E-state index >= 15 is 0 Å². The normalized spacial score (nSPS) is 24.1. The molecule has 2 fully saturated rings. The van der Waals surface area contributed by atoms with E-state index in [4.69, 9.17) is 18.8 Å².